The van der Waals surface area contributed by atoms with Crippen LogP contribution in [0.5, 0.6) is 0 Å². The maximum Gasteiger partial charge on any atom is 0.343 e. The molecular weight excluding hydrogens is 320 g/mol. The number of aryl methyl sites for hydroxylation is 3. The summed E-state index contributed by atoms with van der Waals surface area (Å²) in [6, 6.07) is 4.38. The molecule has 2 heterocycles. The van der Waals surface area contributed by atoms with E-state index in [0.29, 0.717) is 12.4 Å². The van der Waals surface area contributed by atoms with Crippen molar-refractivity contribution in [3.63, 3.8) is 0 Å². The van der Waals surface area contributed by atoms with E-state index in [1.807, 2.05) is 0 Å². The summed E-state index contributed by atoms with van der Waals surface area (Å²) in [5.74, 6) is 0.706. The molecule has 1 aliphatic heterocycles. The van der Waals surface area contributed by atoms with Crippen LogP contribution >= 0.6 is 15.9 Å². The molecule has 0 amide bonds. The quantitative estimate of drug-likeness (QED) is 0.913. The van der Waals surface area contributed by atoms with Gasteiger partial charge in [-0.2, -0.15) is 5.10 Å². The molecule has 0 radical (unpaired) electrons. The standard InChI is InChI=1S/C14H17BrN4O/c1-9-6-10-4-3-5-19(13(10)11(15)7-9)8-12-16-14(20)18(2)17-12/h6-7H,3-5,8H2,1-2H3,(H,16,17,20). The number of nitrogens with one attached hydrogen (secondary N) is 1. The van der Waals surface area contributed by atoms with Crippen LogP contribution in [0.15, 0.2) is 21.4 Å². The molecule has 1 N–H and O–H groups in total. The summed E-state index contributed by atoms with van der Waals surface area (Å²) in [7, 11) is 1.66. The number of fused-ring (bicyclic) bond motifs is 1. The van der Waals surface area contributed by atoms with E-state index < -0.39 is 0 Å². The molecule has 3 rings (SSSR count). The highest BCUT2D eigenvalue weighted by Crippen LogP contribution is 2.36. The Bertz CT molecular complexity index is 704. The summed E-state index contributed by atoms with van der Waals surface area (Å²) in [5.41, 5.74) is 3.69. The summed E-state index contributed by atoms with van der Waals surface area (Å²) in [5, 5.41) is 4.22. The number of benzene rings is 1. The van der Waals surface area contributed by atoms with Crippen molar-refractivity contribution in [1.82, 2.24) is 14.8 Å². The van der Waals surface area contributed by atoms with Gasteiger partial charge in [0.2, 0.25) is 0 Å². The topological polar surface area (TPSA) is 53.9 Å². The third kappa shape index (κ3) is 2.40. The predicted octanol–water partition coefficient (Wildman–Crippen LogP) is 2.13. The highest BCUT2D eigenvalue weighted by Gasteiger charge is 2.21. The lowest BCUT2D eigenvalue weighted by Gasteiger charge is -2.31. The Kier molecular flexibility index (Phi) is 3.41. The summed E-state index contributed by atoms with van der Waals surface area (Å²) in [6.45, 7) is 3.72. The molecular formula is C14H17BrN4O. The van der Waals surface area contributed by atoms with Gasteiger partial charge in [0.05, 0.1) is 12.2 Å². The fraction of sp³-hybridized carbons (Fsp3) is 0.429. The number of aromatic amines is 1. The van der Waals surface area contributed by atoms with E-state index in [-0.39, 0.29) is 5.69 Å². The molecule has 0 saturated heterocycles. The van der Waals surface area contributed by atoms with Crippen molar-refractivity contribution in [3.05, 3.63) is 44.0 Å². The second-order valence-corrected chi connectivity index (χ2v) is 6.13. The van der Waals surface area contributed by atoms with Crippen LogP contribution in [0.4, 0.5) is 5.69 Å². The Labute approximate surface area is 125 Å². The van der Waals surface area contributed by atoms with E-state index in [1.165, 1.54) is 21.5 Å². The molecule has 0 fully saturated rings. The van der Waals surface area contributed by atoms with Crippen molar-refractivity contribution in [3.8, 4) is 0 Å². The van der Waals surface area contributed by atoms with E-state index >= 15 is 0 Å². The molecule has 1 aromatic carbocycles. The van der Waals surface area contributed by atoms with Gasteiger partial charge in [-0.25, -0.2) is 9.48 Å². The fourth-order valence-corrected chi connectivity index (χ4v) is 3.66. The minimum Gasteiger partial charge on any atom is -0.363 e. The number of anilines is 1. The molecule has 2 aromatic rings. The predicted molar refractivity (Wildman–Crippen MR) is 82.1 cm³/mol. The minimum atomic E-state index is -0.166. The van der Waals surface area contributed by atoms with Gasteiger partial charge in [0, 0.05) is 18.1 Å². The van der Waals surface area contributed by atoms with Gasteiger partial charge in [-0.05, 0) is 52.9 Å². The van der Waals surface area contributed by atoms with Crippen molar-refractivity contribution in [2.75, 3.05) is 11.4 Å². The SMILES string of the molecule is Cc1cc(Br)c2c(c1)CCCN2Cc1nn(C)c(=O)[nH]1. The Morgan fingerprint density at radius 2 is 2.25 bits per heavy atom. The number of aromatic nitrogens is 3. The zero-order valence-corrected chi connectivity index (χ0v) is 13.2. The summed E-state index contributed by atoms with van der Waals surface area (Å²) < 4.78 is 2.45. The second-order valence-electron chi connectivity index (χ2n) is 5.28. The van der Waals surface area contributed by atoms with Crippen LogP contribution in [0.25, 0.3) is 0 Å². The monoisotopic (exact) mass is 336 g/mol. The van der Waals surface area contributed by atoms with Gasteiger partial charge in [-0.15, -0.1) is 0 Å². The van der Waals surface area contributed by atoms with E-state index in [4.69, 9.17) is 0 Å². The molecule has 0 unspecified atom stereocenters. The van der Waals surface area contributed by atoms with Gasteiger partial charge in [0.1, 0.15) is 0 Å². The Balaban J connectivity index is 1.95. The zero-order valence-electron chi connectivity index (χ0n) is 11.6. The van der Waals surface area contributed by atoms with E-state index in [1.54, 1.807) is 7.05 Å². The van der Waals surface area contributed by atoms with Crippen molar-refractivity contribution in [2.45, 2.75) is 26.3 Å². The van der Waals surface area contributed by atoms with Gasteiger partial charge in [0.15, 0.2) is 5.82 Å². The summed E-state index contributed by atoms with van der Waals surface area (Å²) in [4.78, 5) is 16.5. The van der Waals surface area contributed by atoms with Gasteiger partial charge in [0.25, 0.3) is 0 Å². The van der Waals surface area contributed by atoms with Crippen LogP contribution in [0.1, 0.15) is 23.4 Å². The van der Waals surface area contributed by atoms with E-state index in [2.05, 4.69) is 50.0 Å². The summed E-state index contributed by atoms with van der Waals surface area (Å²) in [6.07, 6.45) is 2.23. The average molecular weight is 337 g/mol. The third-order valence-corrected chi connectivity index (χ3v) is 4.24. The molecule has 5 nitrogen and oxygen atoms in total. The van der Waals surface area contributed by atoms with Crippen LogP contribution in [0.3, 0.4) is 0 Å². The van der Waals surface area contributed by atoms with Crippen molar-refractivity contribution in [1.29, 1.82) is 0 Å². The van der Waals surface area contributed by atoms with Gasteiger partial charge < -0.3 is 4.90 Å². The van der Waals surface area contributed by atoms with Gasteiger partial charge >= 0.3 is 5.69 Å². The number of halogens is 1. The van der Waals surface area contributed by atoms with E-state index in [9.17, 15) is 4.79 Å². The first-order chi connectivity index (χ1) is 9.54. The smallest absolute Gasteiger partial charge is 0.343 e. The molecule has 0 atom stereocenters. The maximum atomic E-state index is 11.5. The van der Waals surface area contributed by atoms with Crippen LogP contribution in [-0.2, 0) is 20.0 Å². The Hall–Kier alpha value is -1.56. The molecule has 1 aromatic heterocycles. The molecule has 1 aliphatic rings. The van der Waals surface area contributed by atoms with Crippen LogP contribution < -0.4 is 10.6 Å². The van der Waals surface area contributed by atoms with Gasteiger partial charge in [-0.1, -0.05) is 6.07 Å². The molecule has 6 heteroatoms. The largest absolute Gasteiger partial charge is 0.363 e. The van der Waals surface area contributed by atoms with Crippen molar-refractivity contribution >= 4 is 21.6 Å². The Morgan fingerprint density at radius 1 is 1.45 bits per heavy atom. The highest BCUT2D eigenvalue weighted by atomic mass is 79.9. The minimum absolute atomic E-state index is 0.166. The lowest BCUT2D eigenvalue weighted by Crippen LogP contribution is -2.30. The maximum absolute atomic E-state index is 11.5. The van der Waals surface area contributed by atoms with Crippen molar-refractivity contribution in [2.24, 2.45) is 7.05 Å². The first-order valence-electron chi connectivity index (χ1n) is 6.71. The first kappa shape index (κ1) is 13.4. The average Bonchev–Trinajstić information content (AvgIpc) is 2.67. The lowest BCUT2D eigenvalue weighted by atomic mass is 9.99. The highest BCUT2D eigenvalue weighted by molar-refractivity contribution is 9.10. The van der Waals surface area contributed by atoms with Crippen LogP contribution in [0.2, 0.25) is 0 Å². The first-order valence-corrected chi connectivity index (χ1v) is 7.50. The normalized spacial score (nSPS) is 14.4. The molecule has 0 spiro atoms. The summed E-state index contributed by atoms with van der Waals surface area (Å²) >= 11 is 3.67. The molecule has 20 heavy (non-hydrogen) atoms. The number of hydrogen-bond acceptors (Lipinski definition) is 3. The number of hydrogen-bond donors (Lipinski definition) is 1. The lowest BCUT2D eigenvalue weighted by molar-refractivity contribution is 0.660. The fourth-order valence-electron chi connectivity index (χ4n) is 2.79. The number of H-pyrrole nitrogens is 1. The molecule has 0 saturated carbocycles. The number of rotatable bonds is 2. The molecule has 0 aliphatic carbocycles. The van der Waals surface area contributed by atoms with Crippen LogP contribution in [-0.4, -0.2) is 21.3 Å². The zero-order chi connectivity index (χ0) is 14.3. The third-order valence-electron chi connectivity index (χ3n) is 3.63. The van der Waals surface area contributed by atoms with Gasteiger partial charge in [-0.3, -0.25) is 4.98 Å². The molecule has 0 bridgehead atoms. The van der Waals surface area contributed by atoms with E-state index in [0.717, 1.165) is 23.9 Å². The van der Waals surface area contributed by atoms with Crippen LogP contribution in [0, 0.1) is 6.92 Å². The second kappa shape index (κ2) is 5.09. The van der Waals surface area contributed by atoms with Crippen molar-refractivity contribution < 1.29 is 0 Å². The Morgan fingerprint density at radius 3 is 2.95 bits per heavy atom. The number of nitrogens with zero attached hydrogens (tertiary/aromatic N) is 3. The molecule has 106 valence electrons.